The third kappa shape index (κ3) is 3.00. The van der Waals surface area contributed by atoms with Crippen molar-refractivity contribution in [2.75, 3.05) is 0 Å². The van der Waals surface area contributed by atoms with E-state index in [0.29, 0.717) is 0 Å². The molecule has 1 aromatic rings. The van der Waals surface area contributed by atoms with Crippen LogP contribution in [0.1, 0.15) is 42.3 Å². The van der Waals surface area contributed by atoms with Crippen LogP contribution in [0.25, 0.3) is 12.2 Å². The van der Waals surface area contributed by atoms with Crippen molar-refractivity contribution in [1.29, 1.82) is 0 Å². The lowest BCUT2D eigenvalue weighted by molar-refractivity contribution is 0.895. The van der Waals surface area contributed by atoms with Crippen molar-refractivity contribution in [3.63, 3.8) is 0 Å². The summed E-state index contributed by atoms with van der Waals surface area (Å²) in [4.78, 5) is 0. The van der Waals surface area contributed by atoms with E-state index in [1.165, 1.54) is 22.5 Å². The van der Waals surface area contributed by atoms with Crippen molar-refractivity contribution in [3.8, 4) is 0 Å². The maximum Gasteiger partial charge on any atom is 0.0438 e. The van der Waals surface area contributed by atoms with Crippen LogP contribution in [0.5, 0.6) is 0 Å². The Balaban J connectivity index is 3.15. The van der Waals surface area contributed by atoms with Crippen LogP contribution < -0.4 is 0 Å². The topological polar surface area (TPSA) is 4.93 Å². The molecule has 1 rings (SSSR count). The van der Waals surface area contributed by atoms with E-state index < -0.39 is 0 Å². The summed E-state index contributed by atoms with van der Waals surface area (Å²) in [6.07, 6.45) is 12.7. The van der Waals surface area contributed by atoms with Crippen LogP contribution in [0.3, 0.4) is 0 Å². The average molecular weight is 229 g/mol. The summed E-state index contributed by atoms with van der Waals surface area (Å²) in [5.41, 5.74) is 5.33. The van der Waals surface area contributed by atoms with Crippen LogP contribution in [-0.4, -0.2) is 4.57 Å². The summed E-state index contributed by atoms with van der Waals surface area (Å²) in [6.45, 7) is 10.3. The van der Waals surface area contributed by atoms with Gasteiger partial charge in [0.05, 0.1) is 0 Å². The molecule has 0 bridgehead atoms. The fourth-order valence-electron chi connectivity index (χ4n) is 2.00. The Morgan fingerprint density at radius 1 is 1.06 bits per heavy atom. The van der Waals surface area contributed by atoms with E-state index in [0.717, 1.165) is 12.8 Å². The molecule has 0 amide bonds. The molecule has 1 aromatic heterocycles. The van der Waals surface area contributed by atoms with Crippen molar-refractivity contribution in [1.82, 2.24) is 4.57 Å². The first kappa shape index (κ1) is 13.6. The first-order chi connectivity index (χ1) is 8.13. The highest BCUT2D eigenvalue weighted by Crippen LogP contribution is 2.23. The summed E-state index contributed by atoms with van der Waals surface area (Å²) in [5.74, 6) is 0. The van der Waals surface area contributed by atoms with Crippen LogP contribution in [0.15, 0.2) is 24.8 Å². The third-order valence-corrected chi connectivity index (χ3v) is 3.14. The average Bonchev–Trinajstić information content (AvgIpc) is 2.52. The first-order valence-electron chi connectivity index (χ1n) is 6.23. The Hall–Kier alpha value is -1.50. The molecule has 92 valence electrons. The Bertz CT molecular complexity index is 445. The quantitative estimate of drug-likeness (QED) is 0.647. The largest absolute Gasteiger partial charge is 0.344 e. The van der Waals surface area contributed by atoms with E-state index in [2.05, 4.69) is 63.3 Å². The van der Waals surface area contributed by atoms with Gasteiger partial charge < -0.3 is 4.57 Å². The number of hydrogen-bond donors (Lipinski definition) is 0. The third-order valence-electron chi connectivity index (χ3n) is 3.14. The number of rotatable bonds is 5. The number of aromatic nitrogens is 1. The Morgan fingerprint density at radius 3 is 2.06 bits per heavy atom. The minimum absolute atomic E-state index is 0.920. The highest BCUT2D eigenvalue weighted by Gasteiger charge is 2.10. The molecule has 0 saturated heterocycles. The molecule has 1 heteroatoms. The SMILES string of the molecule is C=CC/C=C\c1c(C)c(C)c(/C=C\CC)n1C. The number of nitrogens with zero attached hydrogens (tertiary/aromatic N) is 1. The summed E-state index contributed by atoms with van der Waals surface area (Å²) in [7, 11) is 2.13. The van der Waals surface area contributed by atoms with Gasteiger partial charge in [-0.1, -0.05) is 25.2 Å². The predicted octanol–water partition coefficient (Wildman–Crippen LogP) is 4.65. The molecule has 0 atom stereocenters. The van der Waals surface area contributed by atoms with Crippen LogP contribution in [0.4, 0.5) is 0 Å². The van der Waals surface area contributed by atoms with Gasteiger partial charge in [0.2, 0.25) is 0 Å². The van der Waals surface area contributed by atoms with Gasteiger partial charge in [-0.2, -0.15) is 0 Å². The molecular formula is C16H23N. The second kappa shape index (κ2) is 6.29. The lowest BCUT2D eigenvalue weighted by Gasteiger charge is -2.01. The lowest BCUT2D eigenvalue weighted by atomic mass is 10.1. The van der Waals surface area contributed by atoms with Crippen LogP contribution >= 0.6 is 0 Å². The normalized spacial score (nSPS) is 11.8. The molecule has 0 N–H and O–H groups in total. The molecule has 1 nitrogen and oxygen atoms in total. The van der Waals surface area contributed by atoms with Gasteiger partial charge in [0, 0.05) is 18.4 Å². The predicted molar refractivity (Wildman–Crippen MR) is 78.1 cm³/mol. The molecular weight excluding hydrogens is 206 g/mol. The number of hydrogen-bond acceptors (Lipinski definition) is 0. The molecule has 0 saturated carbocycles. The first-order valence-corrected chi connectivity index (χ1v) is 6.23. The van der Waals surface area contributed by atoms with Crippen LogP contribution in [-0.2, 0) is 7.05 Å². The van der Waals surface area contributed by atoms with Crippen molar-refractivity contribution >= 4 is 12.2 Å². The van der Waals surface area contributed by atoms with Gasteiger partial charge in [0.1, 0.15) is 0 Å². The molecule has 0 unspecified atom stereocenters. The fraction of sp³-hybridized carbons (Fsp3) is 0.375. The molecule has 0 fully saturated rings. The summed E-state index contributed by atoms with van der Waals surface area (Å²) in [5, 5.41) is 0. The maximum absolute atomic E-state index is 3.73. The molecule has 1 heterocycles. The smallest absolute Gasteiger partial charge is 0.0438 e. The second-order valence-electron chi connectivity index (χ2n) is 4.32. The van der Waals surface area contributed by atoms with E-state index in [1.807, 2.05) is 6.08 Å². The highest BCUT2D eigenvalue weighted by molar-refractivity contribution is 5.62. The van der Waals surface area contributed by atoms with E-state index in [4.69, 9.17) is 0 Å². The molecule has 0 aliphatic heterocycles. The van der Waals surface area contributed by atoms with Crippen molar-refractivity contribution in [2.45, 2.75) is 33.6 Å². The van der Waals surface area contributed by atoms with Crippen molar-refractivity contribution in [3.05, 3.63) is 47.3 Å². The maximum atomic E-state index is 3.73. The zero-order chi connectivity index (χ0) is 12.8. The van der Waals surface area contributed by atoms with Gasteiger partial charge in [-0.25, -0.2) is 0 Å². The Morgan fingerprint density at radius 2 is 1.59 bits per heavy atom. The highest BCUT2D eigenvalue weighted by atomic mass is 15.0. The monoisotopic (exact) mass is 229 g/mol. The van der Waals surface area contributed by atoms with E-state index in [9.17, 15) is 0 Å². The molecule has 17 heavy (non-hydrogen) atoms. The minimum atomic E-state index is 0.920. The Kier molecular flexibility index (Phi) is 5.02. The van der Waals surface area contributed by atoms with Gasteiger partial charge in [0.15, 0.2) is 0 Å². The van der Waals surface area contributed by atoms with E-state index in [1.54, 1.807) is 0 Å². The van der Waals surface area contributed by atoms with Crippen LogP contribution in [0.2, 0.25) is 0 Å². The van der Waals surface area contributed by atoms with Crippen molar-refractivity contribution in [2.24, 2.45) is 7.05 Å². The van der Waals surface area contributed by atoms with E-state index in [-0.39, 0.29) is 0 Å². The lowest BCUT2D eigenvalue weighted by Crippen LogP contribution is -1.94. The zero-order valence-corrected chi connectivity index (χ0v) is 11.5. The standard InChI is InChI=1S/C16H23N/c1-6-8-10-12-16-14(4)13(3)15(17(16)5)11-9-7-2/h6,9-12H,1,7-8H2,2-5H3/b11-9-,12-10-. The Labute approximate surface area is 105 Å². The molecule has 0 radical (unpaired) electrons. The van der Waals surface area contributed by atoms with Gasteiger partial charge in [-0.3, -0.25) is 0 Å². The van der Waals surface area contributed by atoms with Gasteiger partial charge in [-0.05, 0) is 50.0 Å². The molecule has 0 aromatic carbocycles. The number of allylic oxidation sites excluding steroid dienone is 3. The van der Waals surface area contributed by atoms with E-state index >= 15 is 0 Å². The van der Waals surface area contributed by atoms with Gasteiger partial charge in [-0.15, -0.1) is 6.58 Å². The summed E-state index contributed by atoms with van der Waals surface area (Å²) >= 11 is 0. The molecule has 0 spiro atoms. The fourth-order valence-corrected chi connectivity index (χ4v) is 2.00. The van der Waals surface area contributed by atoms with Gasteiger partial charge in [0.25, 0.3) is 0 Å². The minimum Gasteiger partial charge on any atom is -0.344 e. The summed E-state index contributed by atoms with van der Waals surface area (Å²) < 4.78 is 2.26. The van der Waals surface area contributed by atoms with Crippen LogP contribution in [0, 0.1) is 13.8 Å². The summed E-state index contributed by atoms with van der Waals surface area (Å²) in [6, 6.07) is 0. The molecule has 0 aliphatic carbocycles. The van der Waals surface area contributed by atoms with Crippen molar-refractivity contribution < 1.29 is 0 Å². The van der Waals surface area contributed by atoms with Gasteiger partial charge >= 0.3 is 0 Å². The second-order valence-corrected chi connectivity index (χ2v) is 4.32. The molecule has 0 aliphatic rings. The zero-order valence-electron chi connectivity index (χ0n) is 11.5.